The van der Waals surface area contributed by atoms with E-state index in [1.165, 1.54) is 12.3 Å². The van der Waals surface area contributed by atoms with Crippen LogP contribution >= 0.6 is 0 Å². The van der Waals surface area contributed by atoms with Gasteiger partial charge in [-0.2, -0.15) is 13.2 Å². The van der Waals surface area contributed by atoms with E-state index in [4.69, 9.17) is 10.2 Å². The zero-order chi connectivity index (χ0) is 14.2. The van der Waals surface area contributed by atoms with E-state index in [9.17, 15) is 13.2 Å². The molecule has 0 aliphatic carbocycles. The first-order valence-corrected chi connectivity index (χ1v) is 5.77. The van der Waals surface area contributed by atoms with Gasteiger partial charge in [0, 0.05) is 5.56 Å². The Kier molecular flexibility index (Phi) is 3.41. The maximum Gasteiger partial charge on any atom is 0.416 e. The predicted octanol–water partition coefficient (Wildman–Crippen LogP) is 3.96. The van der Waals surface area contributed by atoms with Crippen molar-refractivity contribution >= 4 is 0 Å². The van der Waals surface area contributed by atoms with E-state index >= 15 is 0 Å². The van der Waals surface area contributed by atoms with Crippen molar-refractivity contribution < 1.29 is 17.6 Å². The van der Waals surface area contributed by atoms with Crippen LogP contribution in [-0.2, 0) is 6.18 Å². The summed E-state index contributed by atoms with van der Waals surface area (Å²) in [5, 5.41) is 0. The van der Waals surface area contributed by atoms with Crippen LogP contribution in [0.25, 0.3) is 0 Å². The van der Waals surface area contributed by atoms with Gasteiger partial charge in [-0.05, 0) is 43.2 Å². The molecule has 2 N–H and O–H groups in total. The number of hydrogen-bond acceptors (Lipinski definition) is 2. The van der Waals surface area contributed by atoms with Gasteiger partial charge < -0.3 is 10.2 Å². The van der Waals surface area contributed by atoms with Crippen molar-refractivity contribution in [3.05, 3.63) is 58.5 Å². The maximum atomic E-state index is 12.6. The van der Waals surface area contributed by atoms with Gasteiger partial charge in [-0.15, -0.1) is 0 Å². The van der Waals surface area contributed by atoms with Crippen LogP contribution < -0.4 is 5.73 Å². The molecule has 0 saturated carbocycles. The Morgan fingerprint density at radius 2 is 1.84 bits per heavy atom. The second-order valence-corrected chi connectivity index (χ2v) is 4.54. The lowest BCUT2D eigenvalue weighted by Crippen LogP contribution is -2.14. The van der Waals surface area contributed by atoms with Crippen molar-refractivity contribution in [3.8, 4) is 0 Å². The molecular formula is C14H14F3NO. The molecule has 0 bridgehead atoms. The van der Waals surface area contributed by atoms with Gasteiger partial charge >= 0.3 is 6.18 Å². The van der Waals surface area contributed by atoms with Crippen molar-refractivity contribution in [2.75, 3.05) is 0 Å². The first-order chi connectivity index (χ1) is 8.79. The van der Waals surface area contributed by atoms with Crippen LogP contribution in [-0.4, -0.2) is 0 Å². The highest BCUT2D eigenvalue weighted by Gasteiger charge is 2.31. The third kappa shape index (κ3) is 2.81. The largest absolute Gasteiger partial charge is 0.469 e. The lowest BCUT2D eigenvalue weighted by molar-refractivity contribution is -0.137. The third-order valence-corrected chi connectivity index (χ3v) is 3.04. The van der Waals surface area contributed by atoms with E-state index in [2.05, 4.69) is 0 Å². The monoisotopic (exact) mass is 269 g/mol. The van der Waals surface area contributed by atoms with E-state index < -0.39 is 17.8 Å². The average Bonchev–Trinajstić information content (AvgIpc) is 2.73. The molecular weight excluding hydrogens is 255 g/mol. The fourth-order valence-corrected chi connectivity index (χ4v) is 2.01. The molecule has 0 saturated heterocycles. The lowest BCUT2D eigenvalue weighted by Gasteiger charge is -2.15. The highest BCUT2D eigenvalue weighted by atomic mass is 19.4. The topological polar surface area (TPSA) is 39.2 Å². The summed E-state index contributed by atoms with van der Waals surface area (Å²) in [7, 11) is 0. The second-order valence-electron chi connectivity index (χ2n) is 4.54. The quantitative estimate of drug-likeness (QED) is 0.896. The predicted molar refractivity (Wildman–Crippen MR) is 65.7 cm³/mol. The van der Waals surface area contributed by atoms with Gasteiger partial charge in [0.2, 0.25) is 0 Å². The van der Waals surface area contributed by atoms with Crippen LogP contribution in [0.15, 0.2) is 34.9 Å². The van der Waals surface area contributed by atoms with Crippen molar-refractivity contribution in [1.29, 1.82) is 0 Å². The zero-order valence-electron chi connectivity index (χ0n) is 10.6. The van der Waals surface area contributed by atoms with Gasteiger partial charge in [-0.1, -0.05) is 6.07 Å². The van der Waals surface area contributed by atoms with Gasteiger partial charge in [0.1, 0.15) is 5.76 Å². The fourth-order valence-electron chi connectivity index (χ4n) is 2.01. The summed E-state index contributed by atoms with van der Waals surface area (Å²) in [5.41, 5.74) is 7.31. The summed E-state index contributed by atoms with van der Waals surface area (Å²) in [5.74, 6) is 0.718. The highest BCUT2D eigenvalue weighted by molar-refractivity contribution is 5.39. The molecule has 1 aromatic heterocycles. The van der Waals surface area contributed by atoms with Crippen molar-refractivity contribution in [1.82, 2.24) is 0 Å². The zero-order valence-corrected chi connectivity index (χ0v) is 10.6. The molecule has 2 rings (SSSR count). The van der Waals surface area contributed by atoms with Crippen molar-refractivity contribution in [2.45, 2.75) is 26.1 Å². The van der Waals surface area contributed by atoms with Gasteiger partial charge in [0.05, 0.1) is 17.9 Å². The van der Waals surface area contributed by atoms with Crippen LogP contribution in [0.2, 0.25) is 0 Å². The molecule has 0 aliphatic rings. The molecule has 19 heavy (non-hydrogen) atoms. The molecule has 1 aromatic carbocycles. The van der Waals surface area contributed by atoms with Gasteiger partial charge in [-0.3, -0.25) is 0 Å². The van der Waals surface area contributed by atoms with Crippen LogP contribution in [0, 0.1) is 13.8 Å². The van der Waals surface area contributed by atoms with Crippen molar-refractivity contribution in [2.24, 2.45) is 5.73 Å². The number of aryl methyl sites for hydroxylation is 2. The molecule has 1 heterocycles. The van der Waals surface area contributed by atoms with Crippen LogP contribution in [0.1, 0.15) is 34.1 Å². The van der Waals surface area contributed by atoms with Crippen molar-refractivity contribution in [3.63, 3.8) is 0 Å². The molecule has 2 nitrogen and oxygen atoms in total. The number of alkyl halides is 3. The number of halogens is 3. The standard InChI is InChI=1S/C14H14F3NO/c1-8-5-11(14(15,16)17)3-4-12(8)13(18)10-6-9(2)19-7-10/h3-7,13H,18H2,1-2H3. The summed E-state index contributed by atoms with van der Waals surface area (Å²) < 4.78 is 42.9. The number of benzene rings is 1. The number of nitrogens with two attached hydrogens (primary N) is 1. The molecule has 2 aromatic rings. The number of furan rings is 1. The molecule has 0 radical (unpaired) electrons. The van der Waals surface area contributed by atoms with E-state index in [0.717, 1.165) is 23.5 Å². The molecule has 1 atom stereocenters. The summed E-state index contributed by atoms with van der Waals surface area (Å²) in [6.45, 7) is 3.41. The second kappa shape index (κ2) is 4.74. The summed E-state index contributed by atoms with van der Waals surface area (Å²) in [4.78, 5) is 0. The lowest BCUT2D eigenvalue weighted by atomic mass is 9.95. The minimum atomic E-state index is -4.33. The van der Waals surface area contributed by atoms with E-state index in [0.29, 0.717) is 11.1 Å². The summed E-state index contributed by atoms with van der Waals surface area (Å²) in [6.07, 6.45) is -2.81. The SMILES string of the molecule is Cc1cc(C(N)c2ccc(C(F)(F)F)cc2C)co1. The Bertz CT molecular complexity index is 587. The molecule has 0 spiro atoms. The normalized spacial score (nSPS) is 13.6. The van der Waals surface area contributed by atoms with Gasteiger partial charge in [0.25, 0.3) is 0 Å². The minimum Gasteiger partial charge on any atom is -0.469 e. The smallest absolute Gasteiger partial charge is 0.416 e. The molecule has 5 heteroatoms. The Labute approximate surface area is 109 Å². The van der Waals surface area contributed by atoms with E-state index in [1.54, 1.807) is 19.9 Å². The Balaban J connectivity index is 2.36. The summed E-state index contributed by atoms with van der Waals surface area (Å²) >= 11 is 0. The Morgan fingerprint density at radius 1 is 1.16 bits per heavy atom. The average molecular weight is 269 g/mol. The van der Waals surface area contributed by atoms with Crippen LogP contribution in [0.4, 0.5) is 13.2 Å². The van der Waals surface area contributed by atoms with Crippen LogP contribution in [0.3, 0.4) is 0 Å². The minimum absolute atomic E-state index is 0.486. The molecule has 1 unspecified atom stereocenters. The maximum absolute atomic E-state index is 12.6. The van der Waals surface area contributed by atoms with Crippen LogP contribution in [0.5, 0.6) is 0 Å². The Hall–Kier alpha value is -1.75. The number of hydrogen-bond donors (Lipinski definition) is 1. The van der Waals surface area contributed by atoms with Gasteiger partial charge in [-0.25, -0.2) is 0 Å². The van der Waals surface area contributed by atoms with Gasteiger partial charge in [0.15, 0.2) is 0 Å². The summed E-state index contributed by atoms with van der Waals surface area (Å²) in [6, 6.07) is 4.88. The molecule has 0 fully saturated rings. The molecule has 102 valence electrons. The molecule has 0 aliphatic heterocycles. The first kappa shape index (κ1) is 13.7. The highest BCUT2D eigenvalue weighted by Crippen LogP contribution is 2.32. The Morgan fingerprint density at radius 3 is 2.32 bits per heavy atom. The first-order valence-electron chi connectivity index (χ1n) is 5.77. The van der Waals surface area contributed by atoms with E-state index in [-0.39, 0.29) is 0 Å². The van der Waals surface area contributed by atoms with E-state index in [1.807, 2.05) is 0 Å². The fraction of sp³-hybridized carbons (Fsp3) is 0.286. The number of rotatable bonds is 2. The third-order valence-electron chi connectivity index (χ3n) is 3.04. The molecule has 0 amide bonds.